The van der Waals surface area contributed by atoms with Crippen LogP contribution < -0.4 is 0 Å². The van der Waals surface area contributed by atoms with E-state index >= 15 is 0 Å². The lowest BCUT2D eigenvalue weighted by molar-refractivity contribution is 0.134. The van der Waals surface area contributed by atoms with Crippen molar-refractivity contribution >= 4 is 11.6 Å². The van der Waals surface area contributed by atoms with E-state index in [1.807, 2.05) is 0 Å². The van der Waals surface area contributed by atoms with Gasteiger partial charge < -0.3 is 0 Å². The van der Waals surface area contributed by atoms with Gasteiger partial charge >= 0.3 is 0 Å². The zero-order valence-electron chi connectivity index (χ0n) is 11.3. The molecule has 2 heterocycles. The molecule has 3 rings (SSSR count). The lowest BCUT2D eigenvalue weighted by Crippen LogP contribution is -2.42. The standard InChI is InChI=1S/C16H22ClN/c1-11-4-3-5-12(2)16(11)10-18-14-6-7-15(18)9-13(17)8-14/h3-5,13-15H,6-10H2,1-2H3. The Hall–Kier alpha value is -0.530. The van der Waals surface area contributed by atoms with Gasteiger partial charge in [0.1, 0.15) is 0 Å². The number of aryl methyl sites for hydroxylation is 2. The van der Waals surface area contributed by atoms with Crippen molar-refractivity contribution in [2.45, 2.75) is 63.5 Å². The predicted octanol–water partition coefficient (Wildman–Crippen LogP) is 4.04. The first-order chi connectivity index (χ1) is 8.65. The van der Waals surface area contributed by atoms with Gasteiger partial charge in [-0.2, -0.15) is 0 Å². The Morgan fingerprint density at radius 1 is 1.11 bits per heavy atom. The summed E-state index contributed by atoms with van der Waals surface area (Å²) in [7, 11) is 0. The predicted molar refractivity (Wildman–Crippen MR) is 77.1 cm³/mol. The van der Waals surface area contributed by atoms with E-state index in [0.717, 1.165) is 18.6 Å². The van der Waals surface area contributed by atoms with Gasteiger partial charge in [0.25, 0.3) is 0 Å². The number of halogens is 1. The number of hydrogen-bond acceptors (Lipinski definition) is 1. The van der Waals surface area contributed by atoms with Crippen molar-refractivity contribution in [3.63, 3.8) is 0 Å². The third-order valence-electron chi connectivity index (χ3n) is 4.81. The number of alkyl halides is 1. The Labute approximate surface area is 115 Å². The van der Waals surface area contributed by atoms with E-state index in [4.69, 9.17) is 11.6 Å². The molecule has 2 aliphatic heterocycles. The lowest BCUT2D eigenvalue weighted by atomic mass is 9.98. The molecule has 0 aromatic heterocycles. The van der Waals surface area contributed by atoms with Crippen LogP contribution in [0.1, 0.15) is 42.4 Å². The first-order valence-corrected chi connectivity index (χ1v) is 7.53. The van der Waals surface area contributed by atoms with Gasteiger partial charge in [-0.1, -0.05) is 18.2 Å². The molecule has 1 nitrogen and oxygen atoms in total. The van der Waals surface area contributed by atoms with E-state index in [2.05, 4.69) is 36.9 Å². The summed E-state index contributed by atoms with van der Waals surface area (Å²) in [5, 5.41) is 0.414. The first kappa shape index (κ1) is 12.5. The van der Waals surface area contributed by atoms with Crippen LogP contribution in [0.25, 0.3) is 0 Å². The van der Waals surface area contributed by atoms with Crippen LogP contribution in [0.15, 0.2) is 18.2 Å². The van der Waals surface area contributed by atoms with Crippen LogP contribution >= 0.6 is 11.6 Å². The van der Waals surface area contributed by atoms with Crippen molar-refractivity contribution in [1.29, 1.82) is 0 Å². The number of piperidine rings is 1. The Morgan fingerprint density at radius 2 is 1.67 bits per heavy atom. The highest BCUT2D eigenvalue weighted by molar-refractivity contribution is 6.20. The molecule has 0 aliphatic carbocycles. The molecule has 2 atom stereocenters. The highest BCUT2D eigenvalue weighted by atomic mass is 35.5. The fraction of sp³-hybridized carbons (Fsp3) is 0.625. The quantitative estimate of drug-likeness (QED) is 0.728. The maximum atomic E-state index is 6.35. The topological polar surface area (TPSA) is 3.24 Å². The molecule has 2 fully saturated rings. The van der Waals surface area contributed by atoms with E-state index < -0.39 is 0 Å². The van der Waals surface area contributed by atoms with E-state index in [0.29, 0.717) is 5.38 Å². The molecule has 2 aliphatic rings. The van der Waals surface area contributed by atoms with E-state index in [1.165, 1.54) is 42.4 Å². The molecule has 1 aromatic rings. The van der Waals surface area contributed by atoms with E-state index in [1.54, 1.807) is 0 Å². The molecule has 0 N–H and O–H groups in total. The van der Waals surface area contributed by atoms with Crippen molar-refractivity contribution in [2.24, 2.45) is 0 Å². The average Bonchev–Trinajstić information content (AvgIpc) is 2.56. The van der Waals surface area contributed by atoms with Gasteiger partial charge in [-0.15, -0.1) is 11.6 Å². The molecular formula is C16H22ClN. The van der Waals surface area contributed by atoms with Crippen molar-refractivity contribution < 1.29 is 0 Å². The summed E-state index contributed by atoms with van der Waals surface area (Å²) in [5.74, 6) is 0. The van der Waals surface area contributed by atoms with Gasteiger partial charge in [0, 0.05) is 24.0 Å². The monoisotopic (exact) mass is 263 g/mol. The molecule has 2 heteroatoms. The minimum Gasteiger partial charge on any atom is -0.293 e. The minimum atomic E-state index is 0.414. The van der Waals surface area contributed by atoms with Crippen LogP contribution in [0.4, 0.5) is 0 Å². The number of hydrogen-bond donors (Lipinski definition) is 0. The Bertz CT molecular complexity index is 408. The fourth-order valence-electron chi connectivity index (χ4n) is 3.75. The van der Waals surface area contributed by atoms with Gasteiger partial charge in [0.2, 0.25) is 0 Å². The molecule has 0 spiro atoms. The lowest BCUT2D eigenvalue weighted by Gasteiger charge is -2.37. The zero-order chi connectivity index (χ0) is 12.7. The van der Waals surface area contributed by atoms with Crippen LogP contribution in [0.5, 0.6) is 0 Å². The summed E-state index contributed by atoms with van der Waals surface area (Å²) in [6.07, 6.45) is 5.06. The Balaban J connectivity index is 1.81. The smallest absolute Gasteiger partial charge is 0.0365 e. The van der Waals surface area contributed by atoms with Gasteiger partial charge in [-0.05, 0) is 56.2 Å². The average molecular weight is 264 g/mol. The zero-order valence-corrected chi connectivity index (χ0v) is 12.1. The summed E-state index contributed by atoms with van der Waals surface area (Å²) in [6, 6.07) is 8.08. The molecule has 0 saturated carbocycles. The number of nitrogens with zero attached hydrogens (tertiary/aromatic N) is 1. The normalized spacial score (nSPS) is 31.8. The molecule has 0 amide bonds. The van der Waals surface area contributed by atoms with Crippen molar-refractivity contribution in [1.82, 2.24) is 4.90 Å². The van der Waals surface area contributed by atoms with Gasteiger partial charge in [-0.3, -0.25) is 4.90 Å². The second kappa shape index (κ2) is 4.86. The molecule has 2 bridgehead atoms. The second-order valence-corrected chi connectivity index (χ2v) is 6.61. The van der Waals surface area contributed by atoms with Crippen LogP contribution in [-0.2, 0) is 6.54 Å². The van der Waals surface area contributed by atoms with Gasteiger partial charge in [0.05, 0.1) is 0 Å². The van der Waals surface area contributed by atoms with Crippen molar-refractivity contribution in [3.05, 3.63) is 34.9 Å². The summed E-state index contributed by atoms with van der Waals surface area (Å²) in [6.45, 7) is 5.59. The van der Waals surface area contributed by atoms with Crippen molar-refractivity contribution in [3.8, 4) is 0 Å². The third kappa shape index (κ3) is 2.19. The van der Waals surface area contributed by atoms with Crippen molar-refractivity contribution in [2.75, 3.05) is 0 Å². The highest BCUT2D eigenvalue weighted by Gasteiger charge is 2.40. The van der Waals surface area contributed by atoms with Crippen LogP contribution in [0.2, 0.25) is 0 Å². The van der Waals surface area contributed by atoms with Gasteiger partial charge in [0.15, 0.2) is 0 Å². The fourth-order valence-corrected chi connectivity index (χ4v) is 4.16. The second-order valence-electron chi connectivity index (χ2n) is 6.00. The Morgan fingerprint density at radius 3 is 2.22 bits per heavy atom. The molecule has 98 valence electrons. The van der Waals surface area contributed by atoms with E-state index in [9.17, 15) is 0 Å². The first-order valence-electron chi connectivity index (χ1n) is 7.10. The summed E-state index contributed by atoms with van der Waals surface area (Å²) in [4.78, 5) is 2.72. The molecule has 0 radical (unpaired) electrons. The highest BCUT2D eigenvalue weighted by Crippen LogP contribution is 2.39. The maximum absolute atomic E-state index is 6.35. The summed E-state index contributed by atoms with van der Waals surface area (Å²) in [5.41, 5.74) is 4.40. The molecular weight excluding hydrogens is 242 g/mol. The number of benzene rings is 1. The number of rotatable bonds is 2. The summed E-state index contributed by atoms with van der Waals surface area (Å²) >= 11 is 6.35. The summed E-state index contributed by atoms with van der Waals surface area (Å²) < 4.78 is 0. The maximum Gasteiger partial charge on any atom is 0.0365 e. The molecule has 18 heavy (non-hydrogen) atoms. The van der Waals surface area contributed by atoms with Gasteiger partial charge in [-0.25, -0.2) is 0 Å². The Kier molecular flexibility index (Phi) is 3.38. The minimum absolute atomic E-state index is 0.414. The van der Waals surface area contributed by atoms with E-state index in [-0.39, 0.29) is 0 Å². The molecule has 2 saturated heterocycles. The van der Waals surface area contributed by atoms with Crippen LogP contribution in [-0.4, -0.2) is 22.4 Å². The van der Waals surface area contributed by atoms with Crippen LogP contribution in [0, 0.1) is 13.8 Å². The SMILES string of the molecule is Cc1cccc(C)c1CN1C2CCC1CC(Cl)C2. The van der Waals surface area contributed by atoms with Crippen LogP contribution in [0.3, 0.4) is 0 Å². The molecule has 1 aromatic carbocycles. The molecule has 2 unspecified atom stereocenters. The number of fused-ring (bicyclic) bond motifs is 2. The largest absolute Gasteiger partial charge is 0.293 e. The third-order valence-corrected chi connectivity index (χ3v) is 5.17.